The molecule has 0 bridgehead atoms. The first-order valence-corrected chi connectivity index (χ1v) is 8.29. The standard InChI is InChI=1S/C16H17NO2S/c18-20(19,17-12-13-6-2-1-3-7-13)16-10-14-8-4-5-9-15(14)11-16/h1-9,16-17H,10-12H2. The van der Waals surface area contributed by atoms with Gasteiger partial charge < -0.3 is 0 Å². The van der Waals surface area contributed by atoms with Gasteiger partial charge in [-0.05, 0) is 29.5 Å². The number of rotatable bonds is 4. The summed E-state index contributed by atoms with van der Waals surface area (Å²) in [6.07, 6.45) is 1.22. The Balaban J connectivity index is 1.68. The molecule has 0 saturated carbocycles. The summed E-state index contributed by atoms with van der Waals surface area (Å²) in [5, 5.41) is -0.344. The van der Waals surface area contributed by atoms with Crippen LogP contribution in [0.5, 0.6) is 0 Å². The highest BCUT2D eigenvalue weighted by Crippen LogP contribution is 2.25. The van der Waals surface area contributed by atoms with Gasteiger partial charge in [0.05, 0.1) is 5.25 Å². The second-order valence-electron chi connectivity index (χ2n) is 5.15. The predicted octanol–water partition coefficient (Wildman–Crippen LogP) is 2.27. The monoisotopic (exact) mass is 287 g/mol. The third kappa shape index (κ3) is 2.76. The van der Waals surface area contributed by atoms with Gasteiger partial charge in [0.1, 0.15) is 0 Å². The maximum atomic E-state index is 12.4. The molecule has 1 aliphatic rings. The molecule has 0 atom stereocenters. The van der Waals surface area contributed by atoms with E-state index in [1.807, 2.05) is 54.6 Å². The van der Waals surface area contributed by atoms with Crippen LogP contribution in [0.2, 0.25) is 0 Å². The summed E-state index contributed by atoms with van der Waals surface area (Å²) in [5.74, 6) is 0. The lowest BCUT2D eigenvalue weighted by atomic mass is 10.1. The summed E-state index contributed by atoms with van der Waals surface area (Å²) in [4.78, 5) is 0. The van der Waals surface area contributed by atoms with Crippen molar-refractivity contribution in [2.24, 2.45) is 0 Å². The lowest BCUT2D eigenvalue weighted by Gasteiger charge is -2.12. The van der Waals surface area contributed by atoms with E-state index in [-0.39, 0.29) is 5.25 Å². The van der Waals surface area contributed by atoms with Crippen molar-refractivity contribution in [2.45, 2.75) is 24.6 Å². The Hall–Kier alpha value is -1.65. The van der Waals surface area contributed by atoms with Gasteiger partial charge in [0, 0.05) is 6.54 Å². The summed E-state index contributed by atoms with van der Waals surface area (Å²) in [6, 6.07) is 17.5. The SMILES string of the molecule is O=S(=O)(NCc1ccccc1)C1Cc2ccccc2C1. The molecular formula is C16H17NO2S. The van der Waals surface area contributed by atoms with Crippen molar-refractivity contribution in [3.05, 3.63) is 71.3 Å². The third-order valence-corrected chi connectivity index (χ3v) is 5.53. The van der Waals surface area contributed by atoms with Gasteiger partial charge in [-0.3, -0.25) is 0 Å². The minimum Gasteiger partial charge on any atom is -0.212 e. The van der Waals surface area contributed by atoms with Gasteiger partial charge in [-0.1, -0.05) is 54.6 Å². The summed E-state index contributed by atoms with van der Waals surface area (Å²) >= 11 is 0. The van der Waals surface area contributed by atoms with E-state index in [2.05, 4.69) is 4.72 Å². The molecule has 1 N–H and O–H groups in total. The maximum absolute atomic E-state index is 12.4. The fraction of sp³-hybridized carbons (Fsp3) is 0.250. The van der Waals surface area contributed by atoms with E-state index in [1.54, 1.807) is 0 Å². The molecule has 0 saturated heterocycles. The van der Waals surface area contributed by atoms with Crippen molar-refractivity contribution in [3.8, 4) is 0 Å². The van der Waals surface area contributed by atoms with Crippen LogP contribution in [0, 0.1) is 0 Å². The minimum atomic E-state index is -3.28. The Kier molecular flexibility index (Phi) is 3.59. The van der Waals surface area contributed by atoms with Gasteiger partial charge in [-0.25, -0.2) is 13.1 Å². The lowest BCUT2D eigenvalue weighted by Crippen LogP contribution is -2.34. The fourth-order valence-corrected chi connectivity index (χ4v) is 4.04. The van der Waals surface area contributed by atoms with Crippen LogP contribution in [0.25, 0.3) is 0 Å². The zero-order valence-corrected chi connectivity index (χ0v) is 11.9. The first kappa shape index (κ1) is 13.3. The predicted molar refractivity (Wildman–Crippen MR) is 79.8 cm³/mol. The van der Waals surface area contributed by atoms with Crippen LogP contribution in [0.15, 0.2) is 54.6 Å². The summed E-state index contributed by atoms with van der Waals surface area (Å²) < 4.78 is 27.5. The average Bonchev–Trinajstić information content (AvgIpc) is 2.91. The summed E-state index contributed by atoms with van der Waals surface area (Å²) in [7, 11) is -3.28. The summed E-state index contributed by atoms with van der Waals surface area (Å²) in [6.45, 7) is 0.357. The van der Waals surface area contributed by atoms with Crippen molar-refractivity contribution in [1.82, 2.24) is 4.72 Å². The fourth-order valence-electron chi connectivity index (χ4n) is 2.64. The van der Waals surface area contributed by atoms with Crippen LogP contribution in [0.1, 0.15) is 16.7 Å². The number of hydrogen-bond donors (Lipinski definition) is 1. The highest BCUT2D eigenvalue weighted by atomic mass is 32.2. The molecule has 0 fully saturated rings. The zero-order valence-electron chi connectivity index (χ0n) is 11.1. The zero-order chi connectivity index (χ0) is 14.0. The molecule has 0 radical (unpaired) electrons. The largest absolute Gasteiger partial charge is 0.215 e. The van der Waals surface area contributed by atoms with Gasteiger partial charge in [0.15, 0.2) is 0 Å². The van der Waals surface area contributed by atoms with Gasteiger partial charge in [-0.2, -0.15) is 0 Å². The second kappa shape index (κ2) is 5.38. The van der Waals surface area contributed by atoms with E-state index >= 15 is 0 Å². The molecule has 1 aliphatic carbocycles. The van der Waals surface area contributed by atoms with Crippen molar-refractivity contribution >= 4 is 10.0 Å². The Labute approximate surface area is 119 Å². The first-order valence-electron chi connectivity index (χ1n) is 6.74. The van der Waals surface area contributed by atoms with E-state index in [9.17, 15) is 8.42 Å². The van der Waals surface area contributed by atoms with E-state index in [0.717, 1.165) is 16.7 Å². The molecule has 0 heterocycles. The molecule has 3 nitrogen and oxygen atoms in total. The summed E-state index contributed by atoms with van der Waals surface area (Å²) in [5.41, 5.74) is 3.29. The normalized spacial score (nSPS) is 15.2. The molecule has 2 aromatic rings. The highest BCUT2D eigenvalue weighted by molar-refractivity contribution is 7.90. The van der Waals surface area contributed by atoms with E-state index < -0.39 is 10.0 Å². The van der Waals surface area contributed by atoms with Crippen LogP contribution in [-0.2, 0) is 29.4 Å². The number of sulfonamides is 1. The van der Waals surface area contributed by atoms with Crippen LogP contribution in [0.3, 0.4) is 0 Å². The van der Waals surface area contributed by atoms with Crippen LogP contribution < -0.4 is 4.72 Å². The van der Waals surface area contributed by atoms with E-state index in [4.69, 9.17) is 0 Å². The van der Waals surface area contributed by atoms with Gasteiger partial charge in [0.25, 0.3) is 0 Å². The maximum Gasteiger partial charge on any atom is 0.215 e. The Morgan fingerprint density at radius 2 is 1.45 bits per heavy atom. The van der Waals surface area contributed by atoms with E-state index in [1.165, 1.54) is 0 Å². The van der Waals surface area contributed by atoms with Crippen LogP contribution in [-0.4, -0.2) is 13.7 Å². The molecule has 104 valence electrons. The van der Waals surface area contributed by atoms with E-state index in [0.29, 0.717) is 19.4 Å². The van der Waals surface area contributed by atoms with Gasteiger partial charge in [0.2, 0.25) is 10.0 Å². The van der Waals surface area contributed by atoms with Crippen molar-refractivity contribution in [3.63, 3.8) is 0 Å². The van der Waals surface area contributed by atoms with Crippen molar-refractivity contribution in [2.75, 3.05) is 0 Å². The molecule has 0 aliphatic heterocycles. The number of nitrogens with one attached hydrogen (secondary N) is 1. The lowest BCUT2D eigenvalue weighted by molar-refractivity contribution is 0.565. The molecule has 0 spiro atoms. The number of hydrogen-bond acceptors (Lipinski definition) is 2. The Morgan fingerprint density at radius 3 is 2.05 bits per heavy atom. The third-order valence-electron chi connectivity index (χ3n) is 3.77. The molecule has 3 rings (SSSR count). The topological polar surface area (TPSA) is 46.2 Å². The van der Waals surface area contributed by atoms with Gasteiger partial charge >= 0.3 is 0 Å². The second-order valence-corrected chi connectivity index (χ2v) is 7.20. The Bertz CT molecular complexity index is 670. The van der Waals surface area contributed by atoms with Crippen LogP contribution in [0.4, 0.5) is 0 Å². The molecule has 0 aromatic heterocycles. The Morgan fingerprint density at radius 1 is 0.900 bits per heavy atom. The molecule has 4 heteroatoms. The van der Waals surface area contributed by atoms with Crippen molar-refractivity contribution < 1.29 is 8.42 Å². The molecule has 0 unspecified atom stereocenters. The first-order chi connectivity index (χ1) is 9.65. The highest BCUT2D eigenvalue weighted by Gasteiger charge is 2.31. The van der Waals surface area contributed by atoms with Gasteiger partial charge in [-0.15, -0.1) is 0 Å². The smallest absolute Gasteiger partial charge is 0.212 e. The average molecular weight is 287 g/mol. The quantitative estimate of drug-likeness (QED) is 0.937. The molecular weight excluding hydrogens is 270 g/mol. The number of benzene rings is 2. The molecule has 2 aromatic carbocycles. The van der Waals surface area contributed by atoms with Crippen LogP contribution >= 0.6 is 0 Å². The molecule has 0 amide bonds. The molecule has 20 heavy (non-hydrogen) atoms. The number of fused-ring (bicyclic) bond motifs is 1. The van der Waals surface area contributed by atoms with Crippen molar-refractivity contribution in [1.29, 1.82) is 0 Å². The minimum absolute atomic E-state index is 0.344.